The molecule has 2 rings (SSSR count). The quantitative estimate of drug-likeness (QED) is 0.719. The van der Waals surface area contributed by atoms with Crippen molar-refractivity contribution in [2.75, 3.05) is 13.2 Å². The zero-order chi connectivity index (χ0) is 11.5. The Bertz CT molecular complexity index is 395. The van der Waals surface area contributed by atoms with Crippen LogP contribution >= 0.6 is 0 Å². The molecule has 0 atom stereocenters. The molecule has 1 aliphatic heterocycles. The second-order valence-corrected chi connectivity index (χ2v) is 4.23. The van der Waals surface area contributed by atoms with Crippen LogP contribution in [-0.2, 0) is 4.74 Å². The summed E-state index contributed by atoms with van der Waals surface area (Å²) in [5, 5.41) is 0. The minimum Gasteiger partial charge on any atom is -0.381 e. The first-order valence-corrected chi connectivity index (χ1v) is 5.56. The lowest BCUT2D eigenvalue weighted by molar-refractivity contribution is 0.0542. The highest BCUT2D eigenvalue weighted by Crippen LogP contribution is 2.22. The summed E-state index contributed by atoms with van der Waals surface area (Å²) in [7, 11) is 0. The van der Waals surface area contributed by atoms with Crippen molar-refractivity contribution >= 4 is 5.78 Å². The van der Waals surface area contributed by atoms with E-state index in [9.17, 15) is 9.18 Å². The molecule has 2 nitrogen and oxygen atoms in total. The van der Waals surface area contributed by atoms with Crippen molar-refractivity contribution in [3.05, 3.63) is 35.1 Å². The molecule has 0 aliphatic carbocycles. The lowest BCUT2D eigenvalue weighted by Gasteiger charge is -2.21. The molecule has 0 aromatic heterocycles. The summed E-state index contributed by atoms with van der Waals surface area (Å²) in [5.74, 6) is -0.573. The third-order valence-electron chi connectivity index (χ3n) is 2.98. The maximum Gasteiger partial charge on any atom is 0.169 e. The number of hydrogen-bond acceptors (Lipinski definition) is 2. The monoisotopic (exact) mass is 222 g/mol. The van der Waals surface area contributed by atoms with Crippen LogP contribution in [0.1, 0.15) is 28.8 Å². The van der Waals surface area contributed by atoms with Gasteiger partial charge in [-0.05, 0) is 31.9 Å². The van der Waals surface area contributed by atoms with Gasteiger partial charge in [-0.2, -0.15) is 0 Å². The van der Waals surface area contributed by atoms with Crippen LogP contribution in [0.15, 0.2) is 18.2 Å². The van der Waals surface area contributed by atoms with Gasteiger partial charge in [-0.15, -0.1) is 0 Å². The number of halogens is 1. The summed E-state index contributed by atoms with van der Waals surface area (Å²) in [4.78, 5) is 12.1. The highest BCUT2D eigenvalue weighted by Gasteiger charge is 2.24. The molecule has 0 N–H and O–H groups in total. The van der Waals surface area contributed by atoms with Crippen molar-refractivity contribution < 1.29 is 13.9 Å². The van der Waals surface area contributed by atoms with E-state index in [-0.39, 0.29) is 17.3 Å². The van der Waals surface area contributed by atoms with E-state index < -0.39 is 5.82 Å². The lowest BCUT2D eigenvalue weighted by atomic mass is 9.90. The lowest BCUT2D eigenvalue weighted by Crippen LogP contribution is -2.24. The van der Waals surface area contributed by atoms with Crippen LogP contribution in [0.2, 0.25) is 0 Å². The Labute approximate surface area is 94.4 Å². The van der Waals surface area contributed by atoms with E-state index in [1.54, 1.807) is 12.1 Å². The van der Waals surface area contributed by atoms with Gasteiger partial charge in [0.05, 0.1) is 5.56 Å². The van der Waals surface area contributed by atoms with E-state index in [0.29, 0.717) is 26.1 Å². The number of carbonyl (C=O) groups excluding carboxylic acids is 1. The van der Waals surface area contributed by atoms with E-state index in [1.807, 2.05) is 6.92 Å². The van der Waals surface area contributed by atoms with E-state index in [1.165, 1.54) is 6.07 Å². The van der Waals surface area contributed by atoms with E-state index >= 15 is 0 Å². The maximum atomic E-state index is 13.5. The van der Waals surface area contributed by atoms with Gasteiger partial charge in [-0.3, -0.25) is 4.79 Å². The third kappa shape index (κ3) is 2.30. The number of carbonyl (C=O) groups is 1. The topological polar surface area (TPSA) is 26.3 Å². The Morgan fingerprint density at radius 1 is 1.38 bits per heavy atom. The molecular formula is C13H15FO2. The molecule has 16 heavy (non-hydrogen) atoms. The molecule has 0 amide bonds. The molecule has 1 aromatic rings. The molecule has 1 aliphatic rings. The number of benzene rings is 1. The minimum atomic E-state index is -0.415. The summed E-state index contributed by atoms with van der Waals surface area (Å²) >= 11 is 0. The van der Waals surface area contributed by atoms with Crippen molar-refractivity contribution in [2.24, 2.45) is 5.92 Å². The fraction of sp³-hybridized carbons (Fsp3) is 0.462. The summed E-state index contributed by atoms with van der Waals surface area (Å²) in [6.07, 6.45) is 1.40. The second kappa shape index (κ2) is 4.74. The van der Waals surface area contributed by atoms with E-state index in [2.05, 4.69) is 0 Å². The number of hydrogen-bond donors (Lipinski definition) is 0. The fourth-order valence-electron chi connectivity index (χ4n) is 2.01. The maximum absolute atomic E-state index is 13.5. The number of ether oxygens (including phenoxy) is 1. The largest absolute Gasteiger partial charge is 0.381 e. The molecule has 0 unspecified atom stereocenters. The summed E-state index contributed by atoms with van der Waals surface area (Å²) in [6.45, 7) is 3.06. The predicted octanol–water partition coefficient (Wildman–Crippen LogP) is 2.74. The Morgan fingerprint density at radius 3 is 2.75 bits per heavy atom. The smallest absolute Gasteiger partial charge is 0.169 e. The summed E-state index contributed by atoms with van der Waals surface area (Å²) in [6, 6.07) is 4.67. The van der Waals surface area contributed by atoms with Crippen LogP contribution in [0.25, 0.3) is 0 Å². The fourth-order valence-corrected chi connectivity index (χ4v) is 2.01. The van der Waals surface area contributed by atoms with Crippen molar-refractivity contribution in [1.82, 2.24) is 0 Å². The standard InChI is InChI=1S/C13H15FO2/c1-9-2-3-12(14)11(8-9)13(15)10-4-6-16-7-5-10/h2-3,8,10H,4-7H2,1H3. The Balaban J connectivity index is 2.22. The first-order valence-electron chi connectivity index (χ1n) is 5.56. The molecular weight excluding hydrogens is 207 g/mol. The van der Waals surface area contributed by atoms with Gasteiger partial charge < -0.3 is 4.74 Å². The van der Waals surface area contributed by atoms with E-state index in [4.69, 9.17) is 4.74 Å². The normalized spacial score (nSPS) is 17.4. The van der Waals surface area contributed by atoms with Gasteiger partial charge in [0.15, 0.2) is 5.78 Å². The molecule has 0 saturated carbocycles. The number of rotatable bonds is 2. The molecule has 1 saturated heterocycles. The number of aryl methyl sites for hydroxylation is 1. The van der Waals surface area contributed by atoms with Gasteiger partial charge in [-0.1, -0.05) is 11.6 Å². The molecule has 1 heterocycles. The Hall–Kier alpha value is -1.22. The predicted molar refractivity (Wildman–Crippen MR) is 59.0 cm³/mol. The average Bonchev–Trinajstić information content (AvgIpc) is 2.32. The van der Waals surface area contributed by atoms with Gasteiger partial charge in [0.1, 0.15) is 5.82 Å². The first-order chi connectivity index (χ1) is 7.68. The van der Waals surface area contributed by atoms with Gasteiger partial charge in [0.25, 0.3) is 0 Å². The minimum absolute atomic E-state index is 0.0787. The average molecular weight is 222 g/mol. The van der Waals surface area contributed by atoms with Crippen LogP contribution < -0.4 is 0 Å². The zero-order valence-corrected chi connectivity index (χ0v) is 9.33. The van der Waals surface area contributed by atoms with Gasteiger partial charge in [-0.25, -0.2) is 4.39 Å². The van der Waals surface area contributed by atoms with Crippen molar-refractivity contribution in [3.63, 3.8) is 0 Å². The van der Waals surface area contributed by atoms with Gasteiger partial charge in [0, 0.05) is 19.1 Å². The zero-order valence-electron chi connectivity index (χ0n) is 9.33. The van der Waals surface area contributed by atoms with Crippen LogP contribution in [0, 0.1) is 18.7 Å². The highest BCUT2D eigenvalue weighted by atomic mass is 19.1. The molecule has 1 fully saturated rings. The first kappa shape index (κ1) is 11.3. The van der Waals surface area contributed by atoms with Crippen LogP contribution in [0.5, 0.6) is 0 Å². The van der Waals surface area contributed by atoms with Crippen molar-refractivity contribution in [2.45, 2.75) is 19.8 Å². The van der Waals surface area contributed by atoms with Crippen molar-refractivity contribution in [3.8, 4) is 0 Å². The van der Waals surface area contributed by atoms with E-state index in [0.717, 1.165) is 5.56 Å². The molecule has 1 aromatic carbocycles. The van der Waals surface area contributed by atoms with Crippen LogP contribution in [0.3, 0.4) is 0 Å². The molecule has 0 spiro atoms. The summed E-state index contributed by atoms with van der Waals surface area (Å²) in [5.41, 5.74) is 1.14. The van der Waals surface area contributed by atoms with Gasteiger partial charge in [0.2, 0.25) is 0 Å². The Morgan fingerprint density at radius 2 is 2.06 bits per heavy atom. The molecule has 0 bridgehead atoms. The van der Waals surface area contributed by atoms with Crippen LogP contribution in [0.4, 0.5) is 4.39 Å². The molecule has 0 radical (unpaired) electrons. The summed E-state index contributed by atoms with van der Waals surface area (Å²) < 4.78 is 18.7. The van der Waals surface area contributed by atoms with Crippen LogP contribution in [-0.4, -0.2) is 19.0 Å². The number of ketones is 1. The Kier molecular flexibility index (Phi) is 3.34. The molecule has 86 valence electrons. The third-order valence-corrected chi connectivity index (χ3v) is 2.98. The van der Waals surface area contributed by atoms with Crippen molar-refractivity contribution in [1.29, 1.82) is 0 Å². The second-order valence-electron chi connectivity index (χ2n) is 4.23. The highest BCUT2D eigenvalue weighted by molar-refractivity contribution is 5.98. The van der Waals surface area contributed by atoms with Gasteiger partial charge >= 0.3 is 0 Å². The molecule has 3 heteroatoms. The SMILES string of the molecule is Cc1ccc(F)c(C(=O)C2CCOCC2)c1. The number of Topliss-reactive ketones (excluding diaryl/α,β-unsaturated/α-hetero) is 1.